The van der Waals surface area contributed by atoms with Gasteiger partial charge in [0.2, 0.25) is 0 Å². The van der Waals surface area contributed by atoms with Crippen LogP contribution in [0.15, 0.2) is 42.6 Å². The van der Waals surface area contributed by atoms with E-state index in [1.807, 2.05) is 50.2 Å². The number of benzene rings is 1. The number of rotatable bonds is 5. The maximum absolute atomic E-state index is 12.6. The van der Waals surface area contributed by atoms with E-state index < -0.39 is 0 Å². The van der Waals surface area contributed by atoms with Crippen LogP contribution in [0.2, 0.25) is 0 Å². The summed E-state index contributed by atoms with van der Waals surface area (Å²) in [5, 5.41) is 2.92. The summed E-state index contributed by atoms with van der Waals surface area (Å²) < 4.78 is 5.76. The molecule has 1 saturated heterocycles. The van der Waals surface area contributed by atoms with Gasteiger partial charge < -0.3 is 15.0 Å². The van der Waals surface area contributed by atoms with E-state index in [2.05, 4.69) is 15.2 Å². The van der Waals surface area contributed by atoms with Gasteiger partial charge in [0, 0.05) is 19.3 Å². The quantitative estimate of drug-likeness (QED) is 0.860. The number of hydrogen-bond donors (Lipinski definition) is 1. The molecule has 0 spiro atoms. The predicted octanol–water partition coefficient (Wildman–Crippen LogP) is 4.50. The molecule has 1 aliphatic heterocycles. The van der Waals surface area contributed by atoms with Gasteiger partial charge in [0.05, 0.1) is 17.4 Å². The molecule has 0 unspecified atom stereocenters. The first-order valence-corrected chi connectivity index (χ1v) is 9.41. The Hall–Kier alpha value is -2.56. The Labute approximate surface area is 155 Å². The van der Waals surface area contributed by atoms with E-state index in [0.29, 0.717) is 17.0 Å². The minimum atomic E-state index is -0.181. The van der Waals surface area contributed by atoms with Crippen molar-refractivity contribution >= 4 is 17.4 Å². The Kier molecular flexibility index (Phi) is 6.10. The Morgan fingerprint density at radius 1 is 1.08 bits per heavy atom. The van der Waals surface area contributed by atoms with Crippen LogP contribution in [-0.2, 0) is 0 Å². The summed E-state index contributed by atoms with van der Waals surface area (Å²) in [6.07, 6.45) is 6.68. The molecule has 1 aromatic carbocycles. The Morgan fingerprint density at radius 3 is 2.46 bits per heavy atom. The SMILES string of the molecule is CC(C)Oc1ccccc1NC(=O)c1ccc(N2CCCCCC2)nc1. The molecule has 1 fully saturated rings. The number of nitrogens with one attached hydrogen (secondary N) is 1. The largest absolute Gasteiger partial charge is 0.489 e. The molecule has 0 bridgehead atoms. The van der Waals surface area contributed by atoms with Gasteiger partial charge >= 0.3 is 0 Å². The first-order chi connectivity index (χ1) is 12.6. The molecule has 1 aromatic heterocycles. The predicted molar refractivity (Wildman–Crippen MR) is 105 cm³/mol. The van der Waals surface area contributed by atoms with Crippen LogP contribution in [0.4, 0.5) is 11.5 Å². The number of amides is 1. The van der Waals surface area contributed by atoms with Crippen molar-refractivity contribution < 1.29 is 9.53 Å². The third-order valence-electron chi connectivity index (χ3n) is 4.44. The number of aromatic nitrogens is 1. The van der Waals surface area contributed by atoms with Crippen molar-refractivity contribution in [2.75, 3.05) is 23.3 Å². The van der Waals surface area contributed by atoms with Crippen molar-refractivity contribution in [3.8, 4) is 5.75 Å². The average molecular weight is 353 g/mol. The lowest BCUT2D eigenvalue weighted by atomic mass is 10.2. The fourth-order valence-electron chi connectivity index (χ4n) is 3.13. The minimum Gasteiger partial charge on any atom is -0.489 e. The molecule has 0 atom stereocenters. The van der Waals surface area contributed by atoms with Crippen molar-refractivity contribution in [2.45, 2.75) is 45.6 Å². The summed E-state index contributed by atoms with van der Waals surface area (Å²) in [6, 6.07) is 11.3. The fourth-order valence-corrected chi connectivity index (χ4v) is 3.13. The second kappa shape index (κ2) is 8.70. The molecule has 2 aromatic rings. The zero-order valence-corrected chi connectivity index (χ0v) is 15.6. The summed E-state index contributed by atoms with van der Waals surface area (Å²) in [4.78, 5) is 19.4. The Morgan fingerprint density at radius 2 is 1.81 bits per heavy atom. The Balaban J connectivity index is 1.69. The van der Waals surface area contributed by atoms with Gasteiger partial charge in [0.25, 0.3) is 5.91 Å². The molecular weight excluding hydrogens is 326 g/mol. The van der Waals surface area contributed by atoms with Gasteiger partial charge in [-0.05, 0) is 51.0 Å². The maximum atomic E-state index is 12.6. The molecule has 1 N–H and O–H groups in total. The van der Waals surface area contributed by atoms with Crippen molar-refractivity contribution in [1.82, 2.24) is 4.98 Å². The van der Waals surface area contributed by atoms with Crippen LogP contribution >= 0.6 is 0 Å². The van der Waals surface area contributed by atoms with Gasteiger partial charge in [-0.25, -0.2) is 4.98 Å². The monoisotopic (exact) mass is 353 g/mol. The van der Waals surface area contributed by atoms with E-state index in [1.165, 1.54) is 25.7 Å². The third kappa shape index (κ3) is 4.75. The summed E-state index contributed by atoms with van der Waals surface area (Å²) in [6.45, 7) is 6.01. The molecule has 0 radical (unpaired) electrons. The molecule has 26 heavy (non-hydrogen) atoms. The van der Waals surface area contributed by atoms with E-state index in [4.69, 9.17) is 4.74 Å². The van der Waals surface area contributed by atoms with Gasteiger partial charge in [-0.2, -0.15) is 0 Å². The van der Waals surface area contributed by atoms with Crippen molar-refractivity contribution in [3.63, 3.8) is 0 Å². The second-order valence-electron chi connectivity index (χ2n) is 6.92. The van der Waals surface area contributed by atoms with E-state index in [0.717, 1.165) is 18.9 Å². The maximum Gasteiger partial charge on any atom is 0.257 e. The molecule has 1 aliphatic rings. The van der Waals surface area contributed by atoms with Crippen LogP contribution in [0.3, 0.4) is 0 Å². The molecule has 5 nitrogen and oxygen atoms in total. The number of carbonyl (C=O) groups is 1. The topological polar surface area (TPSA) is 54.5 Å². The number of pyridine rings is 1. The summed E-state index contributed by atoms with van der Waals surface area (Å²) in [7, 11) is 0. The molecule has 2 heterocycles. The third-order valence-corrected chi connectivity index (χ3v) is 4.44. The van der Waals surface area contributed by atoms with Gasteiger partial charge in [-0.15, -0.1) is 0 Å². The van der Waals surface area contributed by atoms with Crippen LogP contribution in [0.5, 0.6) is 5.75 Å². The van der Waals surface area contributed by atoms with Crippen LogP contribution in [0.1, 0.15) is 49.9 Å². The fraction of sp³-hybridized carbons (Fsp3) is 0.429. The number of para-hydroxylation sites is 2. The standard InChI is InChI=1S/C21H27N3O2/c1-16(2)26-19-10-6-5-9-18(19)23-21(25)17-11-12-20(22-15-17)24-13-7-3-4-8-14-24/h5-6,9-12,15-16H,3-4,7-8,13-14H2,1-2H3,(H,23,25). The van der Waals surface area contributed by atoms with Crippen molar-refractivity contribution in [2.24, 2.45) is 0 Å². The first kappa shape index (κ1) is 18.2. The number of ether oxygens (including phenoxy) is 1. The lowest BCUT2D eigenvalue weighted by molar-refractivity contribution is 0.102. The van der Waals surface area contributed by atoms with E-state index in [9.17, 15) is 4.79 Å². The smallest absolute Gasteiger partial charge is 0.257 e. The lowest BCUT2D eigenvalue weighted by Crippen LogP contribution is -2.25. The first-order valence-electron chi connectivity index (χ1n) is 9.41. The molecule has 5 heteroatoms. The summed E-state index contributed by atoms with van der Waals surface area (Å²) in [5.41, 5.74) is 1.21. The molecular formula is C21H27N3O2. The second-order valence-corrected chi connectivity index (χ2v) is 6.92. The lowest BCUT2D eigenvalue weighted by Gasteiger charge is -2.21. The zero-order chi connectivity index (χ0) is 18.4. The van der Waals surface area contributed by atoms with Crippen LogP contribution < -0.4 is 15.0 Å². The molecule has 1 amide bonds. The average Bonchev–Trinajstić information content (AvgIpc) is 2.92. The molecule has 138 valence electrons. The van der Waals surface area contributed by atoms with E-state index in [-0.39, 0.29) is 12.0 Å². The van der Waals surface area contributed by atoms with Crippen molar-refractivity contribution in [1.29, 1.82) is 0 Å². The normalized spacial score (nSPS) is 14.8. The van der Waals surface area contributed by atoms with Crippen LogP contribution in [-0.4, -0.2) is 30.1 Å². The molecule has 0 aliphatic carbocycles. The number of nitrogens with zero attached hydrogens (tertiary/aromatic N) is 2. The van der Waals surface area contributed by atoms with Gasteiger partial charge in [-0.3, -0.25) is 4.79 Å². The summed E-state index contributed by atoms with van der Waals surface area (Å²) >= 11 is 0. The Bertz CT molecular complexity index is 720. The van der Waals surface area contributed by atoms with Crippen LogP contribution in [0, 0.1) is 0 Å². The molecule has 0 saturated carbocycles. The molecule has 3 rings (SSSR count). The number of anilines is 2. The van der Waals surface area contributed by atoms with Gasteiger partial charge in [-0.1, -0.05) is 25.0 Å². The van der Waals surface area contributed by atoms with Gasteiger partial charge in [0.1, 0.15) is 11.6 Å². The van der Waals surface area contributed by atoms with E-state index >= 15 is 0 Å². The highest BCUT2D eigenvalue weighted by atomic mass is 16.5. The highest BCUT2D eigenvalue weighted by molar-refractivity contribution is 6.04. The van der Waals surface area contributed by atoms with E-state index in [1.54, 1.807) is 6.20 Å². The van der Waals surface area contributed by atoms with Gasteiger partial charge in [0.15, 0.2) is 0 Å². The zero-order valence-electron chi connectivity index (χ0n) is 15.6. The van der Waals surface area contributed by atoms with Crippen molar-refractivity contribution in [3.05, 3.63) is 48.2 Å². The number of hydrogen-bond acceptors (Lipinski definition) is 4. The minimum absolute atomic E-state index is 0.0441. The number of carbonyl (C=O) groups excluding carboxylic acids is 1. The highest BCUT2D eigenvalue weighted by Crippen LogP contribution is 2.25. The highest BCUT2D eigenvalue weighted by Gasteiger charge is 2.14. The summed E-state index contributed by atoms with van der Waals surface area (Å²) in [5.74, 6) is 1.44. The van der Waals surface area contributed by atoms with Crippen LogP contribution in [0.25, 0.3) is 0 Å².